The van der Waals surface area contributed by atoms with Crippen molar-refractivity contribution in [2.75, 3.05) is 0 Å². The Labute approximate surface area is 171 Å². The molecular weight excluding hydrogens is 352 g/mol. The Kier molecular flexibility index (Phi) is 10.8. The molecule has 0 bridgehead atoms. The molecule has 1 aliphatic heterocycles. The van der Waals surface area contributed by atoms with Gasteiger partial charge in [0.1, 0.15) is 11.7 Å². The summed E-state index contributed by atoms with van der Waals surface area (Å²) in [5.74, 6) is -1.37. The zero-order valence-corrected chi connectivity index (χ0v) is 18.7. The molecule has 3 unspecified atom stereocenters. The molecule has 0 aliphatic carbocycles. The largest absolute Gasteiger partial charge is 0.481 e. The van der Waals surface area contributed by atoms with Crippen LogP contribution in [0.1, 0.15) is 92.9 Å². The Morgan fingerprint density at radius 3 is 2.14 bits per heavy atom. The van der Waals surface area contributed by atoms with Crippen LogP contribution in [-0.4, -0.2) is 22.8 Å². The predicted octanol–water partition coefficient (Wildman–Crippen LogP) is 6.78. The van der Waals surface area contributed by atoms with Crippen molar-refractivity contribution in [1.82, 2.24) is 0 Å². The molecule has 1 aliphatic rings. The average molecular weight is 393 g/mol. The zero-order chi connectivity index (χ0) is 21.2. The highest BCUT2D eigenvalue weighted by Crippen LogP contribution is 2.33. The van der Waals surface area contributed by atoms with Crippen molar-refractivity contribution in [1.29, 1.82) is 0 Å². The number of carboxylic acids is 1. The van der Waals surface area contributed by atoms with Gasteiger partial charge in [0.15, 0.2) is 0 Å². The maximum absolute atomic E-state index is 11.1. The summed E-state index contributed by atoms with van der Waals surface area (Å²) in [5.41, 5.74) is 3.94. The normalized spacial score (nSPS) is 24.7. The van der Waals surface area contributed by atoms with Crippen LogP contribution < -0.4 is 0 Å². The molecule has 0 spiro atoms. The fourth-order valence-electron chi connectivity index (χ4n) is 3.34. The maximum atomic E-state index is 11.1. The lowest BCUT2D eigenvalue weighted by Crippen LogP contribution is -2.41. The molecule has 1 rings (SSSR count). The molecule has 0 aromatic heterocycles. The molecule has 4 nitrogen and oxygen atoms in total. The smallest absolute Gasteiger partial charge is 0.308 e. The molecule has 28 heavy (non-hydrogen) atoms. The summed E-state index contributed by atoms with van der Waals surface area (Å²) in [6.07, 6.45) is 14.5. The highest BCUT2D eigenvalue weighted by Gasteiger charge is 2.37. The number of allylic oxidation sites excluding steroid dienone is 6. The molecule has 1 heterocycles. The standard InChI is InChI=1S/C24H40O4/c1-18(2)10-7-11-19(3)12-8-13-20(4)14-9-16-24(6)17-15-22(27-28-24)21(5)23(25)26/h10,12,14,21-22H,7-9,11,13,15-17H2,1-6H3,(H,25,26)/b19-12-,20-14-. The Hall–Kier alpha value is -1.39. The number of rotatable bonds is 11. The van der Waals surface area contributed by atoms with Gasteiger partial charge in [0.25, 0.3) is 0 Å². The van der Waals surface area contributed by atoms with Gasteiger partial charge in [0.05, 0.1) is 5.92 Å². The molecule has 0 aromatic rings. The van der Waals surface area contributed by atoms with Crippen LogP contribution >= 0.6 is 0 Å². The molecule has 0 radical (unpaired) electrons. The lowest BCUT2D eigenvalue weighted by atomic mass is 9.88. The van der Waals surface area contributed by atoms with Crippen LogP contribution in [0.5, 0.6) is 0 Å². The summed E-state index contributed by atoms with van der Waals surface area (Å²) in [5, 5.41) is 9.09. The summed E-state index contributed by atoms with van der Waals surface area (Å²) in [6.45, 7) is 12.4. The third-order valence-electron chi connectivity index (χ3n) is 5.57. The van der Waals surface area contributed by atoms with Crippen LogP contribution in [-0.2, 0) is 14.6 Å². The second kappa shape index (κ2) is 12.2. The lowest BCUT2D eigenvalue weighted by Gasteiger charge is -2.37. The van der Waals surface area contributed by atoms with Gasteiger partial charge in [0, 0.05) is 0 Å². The van der Waals surface area contributed by atoms with Gasteiger partial charge < -0.3 is 5.11 Å². The van der Waals surface area contributed by atoms with Crippen molar-refractivity contribution >= 4 is 5.97 Å². The van der Waals surface area contributed by atoms with Crippen molar-refractivity contribution in [3.05, 3.63) is 34.9 Å². The second-order valence-electron chi connectivity index (χ2n) is 8.83. The molecule has 160 valence electrons. The number of carbonyl (C=O) groups is 1. The first-order valence-electron chi connectivity index (χ1n) is 10.6. The van der Waals surface area contributed by atoms with Crippen LogP contribution in [0.2, 0.25) is 0 Å². The summed E-state index contributed by atoms with van der Waals surface area (Å²) < 4.78 is 0. The number of hydrogen-bond acceptors (Lipinski definition) is 3. The Morgan fingerprint density at radius 2 is 1.64 bits per heavy atom. The minimum Gasteiger partial charge on any atom is -0.481 e. The molecule has 0 saturated carbocycles. The van der Waals surface area contributed by atoms with Gasteiger partial charge >= 0.3 is 5.97 Å². The maximum Gasteiger partial charge on any atom is 0.308 e. The van der Waals surface area contributed by atoms with E-state index >= 15 is 0 Å². The minimum absolute atomic E-state index is 0.326. The highest BCUT2D eigenvalue weighted by molar-refractivity contribution is 5.70. The van der Waals surface area contributed by atoms with Crippen molar-refractivity contribution < 1.29 is 19.7 Å². The van der Waals surface area contributed by atoms with E-state index in [1.54, 1.807) is 6.92 Å². The molecule has 0 aromatic carbocycles. The first-order chi connectivity index (χ1) is 13.1. The third-order valence-corrected chi connectivity index (χ3v) is 5.57. The zero-order valence-electron chi connectivity index (χ0n) is 18.7. The molecule has 1 saturated heterocycles. The van der Waals surface area contributed by atoms with Gasteiger partial charge in [-0.1, -0.05) is 34.9 Å². The Bertz CT molecular complexity index is 573. The van der Waals surface area contributed by atoms with E-state index in [1.165, 1.54) is 16.7 Å². The summed E-state index contributed by atoms with van der Waals surface area (Å²) in [7, 11) is 0. The fraction of sp³-hybridized carbons (Fsp3) is 0.708. The van der Waals surface area contributed by atoms with Crippen molar-refractivity contribution in [3.63, 3.8) is 0 Å². The van der Waals surface area contributed by atoms with Crippen LogP contribution in [0.25, 0.3) is 0 Å². The predicted molar refractivity (Wildman–Crippen MR) is 115 cm³/mol. The van der Waals surface area contributed by atoms with Crippen molar-refractivity contribution in [2.24, 2.45) is 5.92 Å². The third kappa shape index (κ3) is 9.70. The molecule has 0 amide bonds. The van der Waals surface area contributed by atoms with Crippen LogP contribution in [0.4, 0.5) is 0 Å². The van der Waals surface area contributed by atoms with Gasteiger partial charge in [-0.05, 0) is 92.9 Å². The van der Waals surface area contributed by atoms with E-state index < -0.39 is 11.9 Å². The van der Waals surface area contributed by atoms with E-state index in [1.807, 2.05) is 0 Å². The number of carboxylic acid groups (broad SMARTS) is 1. The molecule has 4 heteroatoms. The van der Waals surface area contributed by atoms with Crippen LogP contribution in [0.3, 0.4) is 0 Å². The summed E-state index contributed by atoms with van der Waals surface area (Å²) in [4.78, 5) is 22.1. The van der Waals surface area contributed by atoms with E-state index in [4.69, 9.17) is 14.9 Å². The topological polar surface area (TPSA) is 55.8 Å². The first kappa shape index (κ1) is 24.6. The monoisotopic (exact) mass is 392 g/mol. The van der Waals surface area contributed by atoms with Gasteiger partial charge in [0.2, 0.25) is 0 Å². The SMILES string of the molecule is CC(C)=CCC/C(C)=C\CC/C(C)=C\CCC1(C)CCC(C(C)C(=O)O)OO1. The molecule has 1 N–H and O–H groups in total. The number of hydrogen-bond donors (Lipinski definition) is 1. The van der Waals surface area contributed by atoms with Gasteiger partial charge in [-0.2, -0.15) is 0 Å². The van der Waals surface area contributed by atoms with E-state index in [9.17, 15) is 4.79 Å². The van der Waals surface area contributed by atoms with E-state index in [0.29, 0.717) is 0 Å². The molecular formula is C24H40O4. The first-order valence-corrected chi connectivity index (χ1v) is 10.6. The molecule has 1 fully saturated rings. The quantitative estimate of drug-likeness (QED) is 0.311. The van der Waals surface area contributed by atoms with E-state index in [0.717, 1.165) is 51.4 Å². The minimum atomic E-state index is -0.836. The van der Waals surface area contributed by atoms with Gasteiger partial charge in [-0.15, -0.1) is 0 Å². The fourth-order valence-corrected chi connectivity index (χ4v) is 3.34. The second-order valence-corrected chi connectivity index (χ2v) is 8.83. The average Bonchev–Trinajstić information content (AvgIpc) is 2.61. The van der Waals surface area contributed by atoms with E-state index in [2.05, 4.69) is 52.8 Å². The van der Waals surface area contributed by atoms with Crippen LogP contribution in [0, 0.1) is 5.92 Å². The number of aliphatic carboxylic acids is 1. The van der Waals surface area contributed by atoms with Crippen molar-refractivity contribution in [2.45, 2.75) is 105 Å². The van der Waals surface area contributed by atoms with Gasteiger partial charge in [-0.3, -0.25) is 4.79 Å². The summed E-state index contributed by atoms with van der Waals surface area (Å²) in [6, 6.07) is 0. The van der Waals surface area contributed by atoms with E-state index in [-0.39, 0.29) is 11.7 Å². The summed E-state index contributed by atoms with van der Waals surface area (Å²) >= 11 is 0. The molecule has 3 atom stereocenters. The Balaban J connectivity index is 2.30. The highest BCUT2D eigenvalue weighted by atomic mass is 17.2. The van der Waals surface area contributed by atoms with Crippen molar-refractivity contribution in [3.8, 4) is 0 Å². The lowest BCUT2D eigenvalue weighted by molar-refractivity contribution is -0.411. The Morgan fingerprint density at radius 1 is 1.07 bits per heavy atom. The van der Waals surface area contributed by atoms with Gasteiger partial charge in [-0.25, -0.2) is 9.78 Å². The van der Waals surface area contributed by atoms with Crippen LogP contribution in [0.15, 0.2) is 34.9 Å².